The van der Waals surface area contributed by atoms with Crippen molar-refractivity contribution >= 4 is 16.0 Å². The van der Waals surface area contributed by atoms with Gasteiger partial charge in [-0.2, -0.15) is 13.2 Å². The molecule has 0 unspecified atom stereocenters. The molecule has 11 heteroatoms. The van der Waals surface area contributed by atoms with E-state index in [1.54, 1.807) is 0 Å². The van der Waals surface area contributed by atoms with Crippen molar-refractivity contribution in [3.05, 3.63) is 11.3 Å². The average molecular weight is 327 g/mol. The quantitative estimate of drug-likeness (QED) is 0.779. The molecule has 3 rings (SSSR count). The maximum Gasteiger partial charge on any atom is 0.493 e. The van der Waals surface area contributed by atoms with Crippen LogP contribution in [0.4, 0.5) is 13.2 Å². The number of hydrogen-bond donors (Lipinski definition) is 1. The fraction of sp³-hybridized carbons (Fsp3) is 0.700. The molecule has 3 aliphatic rings. The van der Waals surface area contributed by atoms with Crippen LogP contribution in [-0.2, 0) is 19.7 Å². The van der Waals surface area contributed by atoms with Gasteiger partial charge in [0.1, 0.15) is 0 Å². The Morgan fingerprint density at radius 1 is 1.29 bits per heavy atom. The molecule has 0 aromatic carbocycles. The number of rotatable bonds is 3. The lowest BCUT2D eigenvalue weighted by atomic mass is 10.3. The highest BCUT2D eigenvalue weighted by molar-refractivity contribution is 7.90. The molecule has 7 nitrogen and oxygen atoms in total. The maximum absolute atomic E-state index is 12.3. The first-order chi connectivity index (χ1) is 9.71. The van der Waals surface area contributed by atoms with Crippen molar-refractivity contribution in [1.29, 1.82) is 0 Å². The highest BCUT2D eigenvalue weighted by Gasteiger charge is 2.51. The summed E-state index contributed by atoms with van der Waals surface area (Å²) in [7, 11) is -3.80. The van der Waals surface area contributed by atoms with E-state index in [0.717, 1.165) is 4.41 Å². The molecule has 2 heterocycles. The van der Waals surface area contributed by atoms with Gasteiger partial charge in [0, 0.05) is 13.1 Å². The molecule has 0 bridgehead atoms. The number of sulfonamides is 1. The first-order valence-corrected chi connectivity index (χ1v) is 7.74. The second-order valence-electron chi connectivity index (χ2n) is 5.03. The van der Waals surface area contributed by atoms with Crippen LogP contribution in [-0.4, -0.2) is 55.0 Å². The van der Waals surface area contributed by atoms with E-state index in [-0.39, 0.29) is 18.8 Å². The lowest BCUT2D eigenvalue weighted by Crippen LogP contribution is -2.48. The van der Waals surface area contributed by atoms with Crippen LogP contribution in [0.2, 0.25) is 0 Å². The van der Waals surface area contributed by atoms with Gasteiger partial charge in [0.15, 0.2) is 0 Å². The summed E-state index contributed by atoms with van der Waals surface area (Å²) in [5, 5.41) is 2.74. The fourth-order valence-electron chi connectivity index (χ4n) is 2.23. The summed E-state index contributed by atoms with van der Waals surface area (Å²) < 4.78 is 62.2. The molecular weight excluding hydrogens is 315 g/mol. The van der Waals surface area contributed by atoms with Crippen LogP contribution >= 0.6 is 0 Å². The number of hydroxylamine groups is 1. The summed E-state index contributed by atoms with van der Waals surface area (Å²) in [6, 6.07) is 0. The van der Waals surface area contributed by atoms with Gasteiger partial charge >= 0.3 is 12.1 Å². The van der Waals surface area contributed by atoms with E-state index in [0.29, 0.717) is 30.1 Å². The molecule has 0 spiro atoms. The fourth-order valence-corrected chi connectivity index (χ4v) is 3.98. The molecule has 0 radical (unpaired) electrons. The molecule has 0 aromatic heterocycles. The van der Waals surface area contributed by atoms with Gasteiger partial charge in [-0.1, -0.05) is 4.41 Å². The second-order valence-corrected chi connectivity index (χ2v) is 7.15. The summed E-state index contributed by atoms with van der Waals surface area (Å²) in [5.74, 6) is -2.45. The molecule has 118 valence electrons. The molecular formula is C10H12F3N3O4S. The Kier molecular flexibility index (Phi) is 3.19. The molecule has 0 saturated heterocycles. The predicted octanol–water partition coefficient (Wildman–Crippen LogP) is -0.111. The Morgan fingerprint density at radius 3 is 2.52 bits per heavy atom. The van der Waals surface area contributed by atoms with Crippen LogP contribution in [0, 0.1) is 0 Å². The second kappa shape index (κ2) is 4.58. The zero-order valence-electron chi connectivity index (χ0n) is 10.7. The van der Waals surface area contributed by atoms with Crippen LogP contribution in [0.3, 0.4) is 0 Å². The van der Waals surface area contributed by atoms with Crippen molar-refractivity contribution in [2.75, 3.05) is 19.6 Å². The zero-order valence-corrected chi connectivity index (χ0v) is 11.5. The van der Waals surface area contributed by atoms with Gasteiger partial charge in [-0.3, -0.25) is 0 Å². The smallest absolute Gasteiger partial charge is 0.315 e. The Labute approximate surface area is 118 Å². The molecule has 2 aliphatic heterocycles. The number of halogens is 3. The summed E-state index contributed by atoms with van der Waals surface area (Å²) in [4.78, 5) is 15.3. The van der Waals surface area contributed by atoms with E-state index in [1.165, 1.54) is 0 Å². The SMILES string of the molecule is O=C(ON1C2=C(CNC2)CN1S(=O)(=O)C1CC1)C(F)(F)F. The van der Waals surface area contributed by atoms with E-state index in [1.807, 2.05) is 0 Å². The summed E-state index contributed by atoms with van der Waals surface area (Å²) in [6.07, 6.45) is -4.27. The average Bonchev–Trinajstić information content (AvgIpc) is 3.04. The van der Waals surface area contributed by atoms with E-state index >= 15 is 0 Å². The molecule has 21 heavy (non-hydrogen) atoms. The van der Waals surface area contributed by atoms with Crippen molar-refractivity contribution in [2.24, 2.45) is 0 Å². The van der Waals surface area contributed by atoms with Crippen LogP contribution in [0.5, 0.6) is 0 Å². The number of hydrazine groups is 1. The van der Waals surface area contributed by atoms with Gasteiger partial charge in [-0.25, -0.2) is 13.2 Å². The van der Waals surface area contributed by atoms with Gasteiger partial charge < -0.3 is 10.2 Å². The minimum atomic E-state index is -5.19. The normalized spacial score (nSPS) is 23.7. The molecule has 1 N–H and O–H groups in total. The van der Waals surface area contributed by atoms with Crippen LogP contribution in [0.1, 0.15) is 12.8 Å². The molecule has 0 amide bonds. The van der Waals surface area contributed by atoms with Gasteiger partial charge in [-0.05, 0) is 18.4 Å². The van der Waals surface area contributed by atoms with Crippen LogP contribution in [0.25, 0.3) is 0 Å². The van der Waals surface area contributed by atoms with Gasteiger partial charge in [0.2, 0.25) is 10.0 Å². The minimum absolute atomic E-state index is 0.0910. The van der Waals surface area contributed by atoms with Gasteiger partial charge in [-0.15, -0.1) is 5.17 Å². The first-order valence-electron chi connectivity index (χ1n) is 6.23. The first kappa shape index (κ1) is 14.6. The number of nitrogens with one attached hydrogen (secondary N) is 1. The Bertz CT molecular complexity index is 612. The van der Waals surface area contributed by atoms with Crippen LogP contribution in [0.15, 0.2) is 11.3 Å². The summed E-state index contributed by atoms with van der Waals surface area (Å²) >= 11 is 0. The number of carbonyl (C=O) groups is 1. The lowest BCUT2D eigenvalue weighted by molar-refractivity contribution is -0.255. The third-order valence-corrected chi connectivity index (χ3v) is 5.62. The molecule has 0 atom stereocenters. The predicted molar refractivity (Wildman–Crippen MR) is 62.5 cm³/mol. The largest absolute Gasteiger partial charge is 0.493 e. The molecule has 1 aliphatic carbocycles. The number of hydrogen-bond acceptors (Lipinski definition) is 6. The highest BCUT2D eigenvalue weighted by atomic mass is 32.2. The molecule has 0 aromatic rings. The van der Waals surface area contributed by atoms with Gasteiger partial charge in [0.25, 0.3) is 0 Å². The number of alkyl halides is 3. The third-order valence-electron chi connectivity index (χ3n) is 3.44. The summed E-state index contributed by atoms with van der Waals surface area (Å²) in [5.41, 5.74) is 0.853. The van der Waals surface area contributed by atoms with E-state index < -0.39 is 27.4 Å². The standard InChI is InChI=1S/C10H12F3N3O4S/c11-10(12,13)9(17)20-16-8-4-14-3-6(8)5-15(16)21(18,19)7-1-2-7/h7,14H,1-5H2. The molecule has 1 fully saturated rings. The van der Waals surface area contributed by atoms with E-state index in [4.69, 9.17) is 0 Å². The minimum Gasteiger partial charge on any atom is -0.315 e. The number of nitrogens with zero attached hydrogens (tertiary/aromatic N) is 2. The van der Waals surface area contributed by atoms with Gasteiger partial charge in [0.05, 0.1) is 17.5 Å². The monoisotopic (exact) mass is 327 g/mol. The van der Waals surface area contributed by atoms with Crippen molar-refractivity contribution in [1.82, 2.24) is 14.9 Å². The van der Waals surface area contributed by atoms with Crippen LogP contribution < -0.4 is 5.32 Å². The van der Waals surface area contributed by atoms with E-state index in [2.05, 4.69) is 10.2 Å². The highest BCUT2D eigenvalue weighted by Crippen LogP contribution is 2.37. The Balaban J connectivity index is 1.86. The van der Waals surface area contributed by atoms with Crippen molar-refractivity contribution in [3.8, 4) is 0 Å². The lowest BCUT2D eigenvalue weighted by Gasteiger charge is -2.29. The topological polar surface area (TPSA) is 79.0 Å². The van der Waals surface area contributed by atoms with Crippen molar-refractivity contribution in [3.63, 3.8) is 0 Å². The Morgan fingerprint density at radius 2 is 1.95 bits per heavy atom. The number of carbonyl (C=O) groups excluding carboxylic acids is 1. The maximum atomic E-state index is 12.3. The third kappa shape index (κ3) is 2.49. The Hall–Kier alpha value is -1.33. The summed E-state index contributed by atoms with van der Waals surface area (Å²) in [6.45, 7) is 0.412. The van der Waals surface area contributed by atoms with Crippen molar-refractivity contribution < 1.29 is 31.2 Å². The van der Waals surface area contributed by atoms with E-state index in [9.17, 15) is 26.4 Å². The van der Waals surface area contributed by atoms with Crippen molar-refractivity contribution in [2.45, 2.75) is 24.3 Å². The zero-order chi connectivity index (χ0) is 15.4. The molecule has 1 saturated carbocycles.